The summed E-state index contributed by atoms with van der Waals surface area (Å²) in [7, 11) is 2.02. The highest BCUT2D eigenvalue weighted by molar-refractivity contribution is 6.47. The van der Waals surface area contributed by atoms with Gasteiger partial charge in [0.1, 0.15) is 11.5 Å². The molecule has 0 bridgehead atoms. The van der Waals surface area contributed by atoms with Crippen molar-refractivity contribution in [2.75, 3.05) is 35.7 Å². The Balaban J connectivity index is 1.24. The quantitative estimate of drug-likeness (QED) is 0.186. The number of anilines is 3. The Kier molecular flexibility index (Phi) is 7.41. The number of fused-ring (bicyclic) bond motifs is 1. The summed E-state index contributed by atoms with van der Waals surface area (Å²) in [6, 6.07) is 28.7. The second kappa shape index (κ2) is 11.2. The van der Waals surface area contributed by atoms with Crippen molar-refractivity contribution < 1.29 is 9.59 Å². The Hall–Kier alpha value is -4.91. The van der Waals surface area contributed by atoms with E-state index in [0.717, 1.165) is 46.9 Å². The minimum atomic E-state index is -0.681. The van der Waals surface area contributed by atoms with Crippen LogP contribution in [0.5, 0.6) is 0 Å². The minimum absolute atomic E-state index is 0.343. The van der Waals surface area contributed by atoms with Crippen LogP contribution in [0.3, 0.4) is 0 Å². The van der Waals surface area contributed by atoms with Crippen LogP contribution in [-0.2, 0) is 4.79 Å². The zero-order chi connectivity index (χ0) is 27.4. The summed E-state index contributed by atoms with van der Waals surface area (Å²) in [4.78, 5) is 33.2. The second-order valence-electron chi connectivity index (χ2n) is 9.62. The second-order valence-corrected chi connectivity index (χ2v) is 9.62. The maximum atomic E-state index is 13.4. The SMILES string of the molecule is Cc1cc(C)nc(N(C)CCNc2ccc(NC(=O)C(=O)c3c(-c4ccccc4)cc4ccccn34)cc2)c1. The van der Waals surface area contributed by atoms with E-state index in [1.165, 1.54) is 5.56 Å². The first-order chi connectivity index (χ1) is 18.9. The highest BCUT2D eigenvalue weighted by atomic mass is 16.2. The van der Waals surface area contributed by atoms with Crippen molar-refractivity contribution in [3.05, 3.63) is 114 Å². The standard InChI is InChI=1S/C32H31N5O2/c1-22-19-23(2)34-29(20-22)36(3)18-16-33-25-12-14-26(15-13-25)35-32(39)31(38)30-28(24-9-5-4-6-10-24)21-27-11-7-8-17-37(27)30/h4-15,17,19-21,33H,16,18H2,1-3H3,(H,35,39). The molecule has 196 valence electrons. The van der Waals surface area contributed by atoms with E-state index in [-0.39, 0.29) is 0 Å². The number of pyridine rings is 2. The van der Waals surface area contributed by atoms with E-state index in [9.17, 15) is 9.59 Å². The average Bonchev–Trinajstić information content (AvgIpc) is 3.33. The zero-order valence-electron chi connectivity index (χ0n) is 22.3. The Morgan fingerprint density at radius 1 is 0.872 bits per heavy atom. The molecule has 0 atom stereocenters. The van der Waals surface area contributed by atoms with E-state index >= 15 is 0 Å². The van der Waals surface area contributed by atoms with Crippen molar-refractivity contribution in [3.8, 4) is 11.1 Å². The van der Waals surface area contributed by atoms with Crippen LogP contribution in [0, 0.1) is 13.8 Å². The summed E-state index contributed by atoms with van der Waals surface area (Å²) >= 11 is 0. The minimum Gasteiger partial charge on any atom is -0.383 e. The number of likely N-dealkylation sites (N-methyl/N-ethyl adjacent to an activating group) is 1. The predicted octanol–water partition coefficient (Wildman–Crippen LogP) is 5.99. The van der Waals surface area contributed by atoms with E-state index in [0.29, 0.717) is 11.4 Å². The molecule has 39 heavy (non-hydrogen) atoms. The van der Waals surface area contributed by atoms with Crippen LogP contribution < -0.4 is 15.5 Å². The molecule has 0 spiro atoms. The Morgan fingerprint density at radius 3 is 2.33 bits per heavy atom. The zero-order valence-corrected chi connectivity index (χ0v) is 22.3. The number of nitrogens with one attached hydrogen (secondary N) is 2. The topological polar surface area (TPSA) is 78.7 Å². The summed E-state index contributed by atoms with van der Waals surface area (Å²) in [6.07, 6.45) is 1.80. The van der Waals surface area contributed by atoms with Crippen LogP contribution in [-0.4, -0.2) is 41.2 Å². The van der Waals surface area contributed by atoms with Crippen molar-refractivity contribution in [3.63, 3.8) is 0 Å². The Labute approximate surface area is 228 Å². The molecule has 0 aliphatic carbocycles. The molecule has 3 aromatic heterocycles. The molecule has 0 saturated carbocycles. The third-order valence-corrected chi connectivity index (χ3v) is 6.58. The lowest BCUT2D eigenvalue weighted by atomic mass is 10.0. The molecule has 7 heteroatoms. The molecule has 2 N–H and O–H groups in total. The maximum absolute atomic E-state index is 13.4. The molecule has 0 saturated heterocycles. The molecule has 0 fully saturated rings. The first-order valence-corrected chi connectivity index (χ1v) is 12.9. The maximum Gasteiger partial charge on any atom is 0.298 e. The predicted molar refractivity (Wildman–Crippen MR) is 158 cm³/mol. The first kappa shape index (κ1) is 25.7. The molecule has 0 aliphatic rings. The van der Waals surface area contributed by atoms with E-state index in [1.54, 1.807) is 22.7 Å². The van der Waals surface area contributed by atoms with Crippen LogP contribution in [0.2, 0.25) is 0 Å². The van der Waals surface area contributed by atoms with Crippen LogP contribution in [0.25, 0.3) is 16.6 Å². The van der Waals surface area contributed by atoms with Crippen LogP contribution in [0.15, 0.2) is 97.2 Å². The lowest BCUT2D eigenvalue weighted by molar-refractivity contribution is -0.112. The molecule has 2 aromatic carbocycles. The average molecular weight is 518 g/mol. The van der Waals surface area contributed by atoms with Crippen molar-refractivity contribution >= 4 is 34.4 Å². The van der Waals surface area contributed by atoms with Gasteiger partial charge in [-0.25, -0.2) is 4.98 Å². The van der Waals surface area contributed by atoms with Gasteiger partial charge in [-0.1, -0.05) is 36.4 Å². The Morgan fingerprint density at radius 2 is 1.59 bits per heavy atom. The van der Waals surface area contributed by atoms with E-state index < -0.39 is 11.7 Å². The highest BCUT2D eigenvalue weighted by Gasteiger charge is 2.24. The lowest BCUT2D eigenvalue weighted by Crippen LogP contribution is -2.26. The fourth-order valence-corrected chi connectivity index (χ4v) is 4.66. The van der Waals surface area contributed by atoms with Gasteiger partial charge in [0.15, 0.2) is 0 Å². The number of carbonyl (C=O) groups excluding carboxylic acids is 2. The van der Waals surface area contributed by atoms with E-state index in [2.05, 4.69) is 39.6 Å². The third-order valence-electron chi connectivity index (χ3n) is 6.58. The summed E-state index contributed by atoms with van der Waals surface area (Å²) in [5, 5.41) is 6.15. The van der Waals surface area contributed by atoms with Crippen LogP contribution in [0.1, 0.15) is 21.7 Å². The van der Waals surface area contributed by atoms with Gasteiger partial charge in [0, 0.05) is 54.5 Å². The van der Waals surface area contributed by atoms with Gasteiger partial charge in [0.25, 0.3) is 11.7 Å². The number of hydrogen-bond acceptors (Lipinski definition) is 5. The summed E-state index contributed by atoms with van der Waals surface area (Å²) in [5.41, 5.74) is 6.46. The first-order valence-electron chi connectivity index (χ1n) is 12.9. The molecular formula is C32H31N5O2. The molecular weight excluding hydrogens is 486 g/mol. The van der Waals surface area contributed by atoms with Crippen LogP contribution >= 0.6 is 0 Å². The number of hydrogen-bond donors (Lipinski definition) is 2. The summed E-state index contributed by atoms with van der Waals surface area (Å²) in [6.45, 7) is 5.57. The fourth-order valence-electron chi connectivity index (χ4n) is 4.66. The highest BCUT2D eigenvalue weighted by Crippen LogP contribution is 2.28. The monoisotopic (exact) mass is 517 g/mol. The molecule has 0 radical (unpaired) electrons. The number of rotatable bonds is 9. The number of aromatic nitrogens is 2. The van der Waals surface area contributed by atoms with E-state index in [4.69, 9.17) is 0 Å². The van der Waals surface area contributed by atoms with E-state index in [1.807, 2.05) is 80.7 Å². The third kappa shape index (κ3) is 5.83. The van der Waals surface area contributed by atoms with Crippen molar-refractivity contribution in [1.29, 1.82) is 0 Å². The molecule has 0 aliphatic heterocycles. The molecule has 5 rings (SSSR count). The number of amides is 1. The number of benzene rings is 2. The fraction of sp³-hybridized carbons (Fsp3) is 0.156. The van der Waals surface area contributed by atoms with Gasteiger partial charge < -0.3 is 19.9 Å². The number of carbonyl (C=O) groups is 2. The van der Waals surface area contributed by atoms with Gasteiger partial charge in [0.05, 0.1) is 0 Å². The number of nitrogens with zero attached hydrogens (tertiary/aromatic N) is 3. The molecule has 7 nitrogen and oxygen atoms in total. The van der Waals surface area contributed by atoms with Crippen molar-refractivity contribution in [2.45, 2.75) is 13.8 Å². The van der Waals surface area contributed by atoms with Gasteiger partial charge in [0.2, 0.25) is 0 Å². The smallest absolute Gasteiger partial charge is 0.298 e. The van der Waals surface area contributed by atoms with Gasteiger partial charge in [-0.15, -0.1) is 0 Å². The Bertz CT molecular complexity index is 1600. The largest absolute Gasteiger partial charge is 0.383 e. The normalized spacial score (nSPS) is 10.8. The molecule has 3 heterocycles. The molecule has 5 aromatic rings. The van der Waals surface area contributed by atoms with Crippen molar-refractivity contribution in [1.82, 2.24) is 9.38 Å². The molecule has 0 unspecified atom stereocenters. The van der Waals surface area contributed by atoms with Gasteiger partial charge in [-0.2, -0.15) is 0 Å². The number of aryl methyl sites for hydroxylation is 2. The summed E-state index contributed by atoms with van der Waals surface area (Å²) < 4.78 is 1.77. The number of ketones is 1. The molecule has 1 amide bonds. The van der Waals surface area contributed by atoms with Gasteiger partial charge >= 0.3 is 0 Å². The van der Waals surface area contributed by atoms with Crippen molar-refractivity contribution in [2.24, 2.45) is 0 Å². The summed E-state index contributed by atoms with van der Waals surface area (Å²) in [5.74, 6) is -0.326. The van der Waals surface area contributed by atoms with Gasteiger partial charge in [-0.3, -0.25) is 9.59 Å². The van der Waals surface area contributed by atoms with Gasteiger partial charge in [-0.05, 0) is 79.6 Å². The van der Waals surface area contributed by atoms with Crippen LogP contribution in [0.4, 0.5) is 17.2 Å². The lowest BCUT2D eigenvalue weighted by Gasteiger charge is -2.20. The number of Topliss-reactive ketones (excluding diaryl/α,β-unsaturated/α-hetero) is 1.